The third-order valence-electron chi connectivity index (χ3n) is 3.08. The largest absolute Gasteiger partial charge is 0.348 e. The molecule has 2 aromatic heterocycles. The van der Waals surface area contributed by atoms with Crippen LogP contribution in [0.2, 0.25) is 0 Å². The molecule has 1 aliphatic rings. The predicted octanol–water partition coefficient (Wildman–Crippen LogP) is 1.19. The fraction of sp³-hybridized carbons (Fsp3) is 0.545. The summed E-state index contributed by atoms with van der Waals surface area (Å²) in [5.41, 5.74) is 3.00. The van der Waals surface area contributed by atoms with Crippen molar-refractivity contribution < 1.29 is 0 Å². The second-order valence-electron chi connectivity index (χ2n) is 4.50. The molecule has 16 heavy (non-hydrogen) atoms. The van der Waals surface area contributed by atoms with E-state index in [-0.39, 0.29) is 0 Å². The molecule has 3 heterocycles. The van der Waals surface area contributed by atoms with Crippen LogP contribution in [0.25, 0.3) is 11.0 Å². The van der Waals surface area contributed by atoms with Crippen molar-refractivity contribution >= 4 is 16.9 Å². The molecule has 2 aromatic rings. The van der Waals surface area contributed by atoms with E-state index in [1.165, 1.54) is 0 Å². The molecule has 5 heteroatoms. The van der Waals surface area contributed by atoms with Crippen molar-refractivity contribution in [2.45, 2.75) is 26.8 Å². The van der Waals surface area contributed by atoms with Crippen molar-refractivity contribution in [1.82, 2.24) is 19.7 Å². The second kappa shape index (κ2) is 2.93. The van der Waals surface area contributed by atoms with Crippen molar-refractivity contribution in [2.24, 2.45) is 7.05 Å². The van der Waals surface area contributed by atoms with E-state index in [4.69, 9.17) is 0 Å². The zero-order valence-electron chi connectivity index (χ0n) is 10.0. The summed E-state index contributed by atoms with van der Waals surface area (Å²) in [5, 5.41) is 4.41. The number of hydrogen-bond acceptors (Lipinski definition) is 4. The SMILES string of the molecule is Cc1nc(N2CC2C)c2c(n1)c(C)nn2C. The Hall–Kier alpha value is -1.65. The Morgan fingerprint density at radius 2 is 1.94 bits per heavy atom. The Kier molecular flexibility index (Phi) is 1.75. The Labute approximate surface area is 94.1 Å². The molecule has 1 aliphatic heterocycles. The highest BCUT2D eigenvalue weighted by Crippen LogP contribution is 2.32. The summed E-state index contributed by atoms with van der Waals surface area (Å²) in [6.07, 6.45) is 0. The number of fused-ring (bicyclic) bond motifs is 1. The fourth-order valence-electron chi connectivity index (χ4n) is 2.16. The van der Waals surface area contributed by atoms with Crippen LogP contribution in [0.4, 0.5) is 5.82 Å². The van der Waals surface area contributed by atoms with Crippen LogP contribution < -0.4 is 4.90 Å². The summed E-state index contributed by atoms with van der Waals surface area (Å²) < 4.78 is 1.88. The van der Waals surface area contributed by atoms with Crippen LogP contribution in [0.3, 0.4) is 0 Å². The monoisotopic (exact) mass is 217 g/mol. The molecule has 0 saturated carbocycles. The first kappa shape index (κ1) is 9.57. The lowest BCUT2D eigenvalue weighted by Gasteiger charge is -2.06. The van der Waals surface area contributed by atoms with E-state index in [2.05, 4.69) is 26.9 Å². The van der Waals surface area contributed by atoms with Gasteiger partial charge in [0.25, 0.3) is 0 Å². The van der Waals surface area contributed by atoms with E-state index in [1.54, 1.807) is 0 Å². The zero-order valence-corrected chi connectivity index (χ0v) is 10.0. The zero-order chi connectivity index (χ0) is 11.4. The molecule has 1 saturated heterocycles. The van der Waals surface area contributed by atoms with Crippen LogP contribution in [0.1, 0.15) is 18.4 Å². The smallest absolute Gasteiger partial charge is 0.159 e. The van der Waals surface area contributed by atoms with Gasteiger partial charge in [0.2, 0.25) is 0 Å². The highest BCUT2D eigenvalue weighted by atomic mass is 15.4. The molecule has 0 aromatic carbocycles. The van der Waals surface area contributed by atoms with Gasteiger partial charge in [-0.15, -0.1) is 0 Å². The van der Waals surface area contributed by atoms with E-state index in [1.807, 2.05) is 25.6 Å². The van der Waals surface area contributed by atoms with E-state index in [9.17, 15) is 0 Å². The van der Waals surface area contributed by atoms with E-state index in [0.717, 1.165) is 34.9 Å². The van der Waals surface area contributed by atoms with E-state index in [0.29, 0.717) is 6.04 Å². The molecule has 0 bridgehead atoms. The molecule has 1 fully saturated rings. The summed E-state index contributed by atoms with van der Waals surface area (Å²) >= 11 is 0. The van der Waals surface area contributed by atoms with Crippen LogP contribution in [0.15, 0.2) is 0 Å². The molecular weight excluding hydrogens is 202 g/mol. The van der Waals surface area contributed by atoms with Gasteiger partial charge in [-0.3, -0.25) is 4.68 Å². The van der Waals surface area contributed by atoms with Gasteiger partial charge in [0.05, 0.1) is 5.69 Å². The Morgan fingerprint density at radius 3 is 2.56 bits per heavy atom. The molecule has 0 aliphatic carbocycles. The predicted molar refractivity (Wildman–Crippen MR) is 62.6 cm³/mol. The number of nitrogens with zero attached hydrogens (tertiary/aromatic N) is 5. The van der Waals surface area contributed by atoms with Crippen LogP contribution in [-0.4, -0.2) is 32.3 Å². The topological polar surface area (TPSA) is 46.6 Å². The Bertz CT molecular complexity index is 571. The molecule has 1 unspecified atom stereocenters. The highest BCUT2D eigenvalue weighted by Gasteiger charge is 2.33. The average Bonchev–Trinajstić information content (AvgIpc) is 2.86. The van der Waals surface area contributed by atoms with Crippen molar-refractivity contribution in [1.29, 1.82) is 0 Å². The third-order valence-corrected chi connectivity index (χ3v) is 3.08. The molecule has 0 radical (unpaired) electrons. The lowest BCUT2D eigenvalue weighted by Crippen LogP contribution is -2.04. The number of anilines is 1. The fourth-order valence-corrected chi connectivity index (χ4v) is 2.16. The normalized spacial score (nSPS) is 19.5. The second-order valence-corrected chi connectivity index (χ2v) is 4.50. The molecule has 0 spiro atoms. The molecule has 5 nitrogen and oxygen atoms in total. The van der Waals surface area contributed by atoms with E-state index < -0.39 is 0 Å². The van der Waals surface area contributed by atoms with Gasteiger partial charge in [0.1, 0.15) is 16.9 Å². The van der Waals surface area contributed by atoms with Crippen molar-refractivity contribution in [3.05, 3.63) is 11.5 Å². The maximum absolute atomic E-state index is 4.54. The van der Waals surface area contributed by atoms with Crippen molar-refractivity contribution in [3.63, 3.8) is 0 Å². The third kappa shape index (κ3) is 1.20. The van der Waals surface area contributed by atoms with E-state index >= 15 is 0 Å². The Balaban J connectivity index is 2.33. The molecule has 3 rings (SSSR count). The summed E-state index contributed by atoms with van der Waals surface area (Å²) in [6, 6.07) is 0.590. The van der Waals surface area contributed by atoms with Gasteiger partial charge < -0.3 is 4.90 Å². The lowest BCUT2D eigenvalue weighted by molar-refractivity contribution is 0.781. The van der Waals surface area contributed by atoms with Crippen LogP contribution >= 0.6 is 0 Å². The number of aryl methyl sites for hydroxylation is 3. The van der Waals surface area contributed by atoms with Gasteiger partial charge in [-0.25, -0.2) is 9.97 Å². The van der Waals surface area contributed by atoms with Gasteiger partial charge >= 0.3 is 0 Å². The first-order valence-corrected chi connectivity index (χ1v) is 5.52. The summed E-state index contributed by atoms with van der Waals surface area (Å²) in [6.45, 7) is 7.20. The molecule has 0 N–H and O–H groups in total. The number of rotatable bonds is 1. The summed E-state index contributed by atoms with van der Waals surface area (Å²) in [7, 11) is 1.95. The van der Waals surface area contributed by atoms with Gasteiger partial charge in [-0.1, -0.05) is 0 Å². The Morgan fingerprint density at radius 1 is 1.25 bits per heavy atom. The van der Waals surface area contributed by atoms with Crippen molar-refractivity contribution in [2.75, 3.05) is 11.4 Å². The van der Waals surface area contributed by atoms with Crippen LogP contribution in [0, 0.1) is 13.8 Å². The summed E-state index contributed by atoms with van der Waals surface area (Å²) in [5.74, 6) is 1.84. The van der Waals surface area contributed by atoms with Gasteiger partial charge in [0, 0.05) is 19.6 Å². The molecule has 0 amide bonds. The minimum atomic E-state index is 0.590. The lowest BCUT2D eigenvalue weighted by atomic mass is 10.3. The maximum atomic E-state index is 4.54. The summed E-state index contributed by atoms with van der Waals surface area (Å²) in [4.78, 5) is 11.3. The number of hydrogen-bond donors (Lipinski definition) is 0. The van der Waals surface area contributed by atoms with Gasteiger partial charge in [-0.05, 0) is 20.8 Å². The number of aromatic nitrogens is 4. The maximum Gasteiger partial charge on any atom is 0.159 e. The minimum Gasteiger partial charge on any atom is -0.348 e. The first-order valence-electron chi connectivity index (χ1n) is 5.52. The standard InChI is InChI=1S/C11H15N5/c1-6-5-16(6)11-10-9(12-8(3)13-11)7(2)14-15(10)4/h6H,5H2,1-4H3. The van der Waals surface area contributed by atoms with Crippen LogP contribution in [-0.2, 0) is 7.05 Å². The molecule has 1 atom stereocenters. The highest BCUT2D eigenvalue weighted by molar-refractivity contribution is 5.89. The minimum absolute atomic E-state index is 0.590. The molecule has 84 valence electrons. The van der Waals surface area contributed by atoms with Gasteiger partial charge in [-0.2, -0.15) is 5.10 Å². The van der Waals surface area contributed by atoms with Gasteiger partial charge in [0.15, 0.2) is 5.82 Å². The molecular formula is C11H15N5. The quantitative estimate of drug-likeness (QED) is 0.673. The first-order chi connectivity index (χ1) is 7.58. The van der Waals surface area contributed by atoms with Crippen molar-refractivity contribution in [3.8, 4) is 0 Å². The van der Waals surface area contributed by atoms with Crippen LogP contribution in [0.5, 0.6) is 0 Å². The average molecular weight is 217 g/mol.